The average molecular weight is 337 g/mol. The van der Waals surface area contributed by atoms with Gasteiger partial charge in [0.05, 0.1) is 11.9 Å². The van der Waals surface area contributed by atoms with Gasteiger partial charge < -0.3 is 15.0 Å². The zero-order valence-corrected chi connectivity index (χ0v) is 15.0. The molecular formula is C18H28N2O2S. The van der Waals surface area contributed by atoms with Gasteiger partial charge in [0.2, 0.25) is 5.91 Å². The normalized spacial score (nSPS) is 19.7. The minimum absolute atomic E-state index is 0.0128. The first-order chi connectivity index (χ1) is 11.2. The topological polar surface area (TPSA) is 41.6 Å². The van der Waals surface area contributed by atoms with E-state index in [0.29, 0.717) is 5.92 Å². The molecule has 0 aromatic heterocycles. The van der Waals surface area contributed by atoms with Gasteiger partial charge in [-0.3, -0.25) is 4.79 Å². The van der Waals surface area contributed by atoms with E-state index in [-0.39, 0.29) is 11.2 Å². The zero-order chi connectivity index (χ0) is 16.5. The van der Waals surface area contributed by atoms with Crippen molar-refractivity contribution in [1.29, 1.82) is 0 Å². The average Bonchev–Trinajstić information content (AvgIpc) is 3.04. The Morgan fingerprint density at radius 3 is 2.96 bits per heavy atom. The van der Waals surface area contributed by atoms with Gasteiger partial charge in [-0.15, -0.1) is 11.8 Å². The monoisotopic (exact) mass is 336 g/mol. The van der Waals surface area contributed by atoms with Crippen LogP contribution in [0.4, 0.5) is 0 Å². The van der Waals surface area contributed by atoms with Crippen LogP contribution in [0.1, 0.15) is 18.9 Å². The second kappa shape index (κ2) is 9.96. The van der Waals surface area contributed by atoms with Gasteiger partial charge in [-0.1, -0.05) is 30.3 Å². The molecule has 1 saturated heterocycles. The Morgan fingerprint density at radius 2 is 2.22 bits per heavy atom. The molecule has 0 bridgehead atoms. The third-order valence-electron chi connectivity index (χ3n) is 4.26. The molecule has 0 unspecified atom stereocenters. The molecule has 0 saturated carbocycles. The van der Waals surface area contributed by atoms with E-state index in [2.05, 4.69) is 22.3 Å². The van der Waals surface area contributed by atoms with E-state index in [0.717, 1.165) is 45.0 Å². The molecule has 4 nitrogen and oxygen atoms in total. The van der Waals surface area contributed by atoms with E-state index >= 15 is 0 Å². The van der Waals surface area contributed by atoms with E-state index in [1.165, 1.54) is 5.56 Å². The lowest BCUT2D eigenvalue weighted by Crippen LogP contribution is -2.36. The Morgan fingerprint density at radius 1 is 1.43 bits per heavy atom. The molecule has 1 amide bonds. The van der Waals surface area contributed by atoms with Crippen molar-refractivity contribution >= 4 is 17.7 Å². The van der Waals surface area contributed by atoms with Crippen LogP contribution in [0.5, 0.6) is 0 Å². The summed E-state index contributed by atoms with van der Waals surface area (Å²) in [5.41, 5.74) is 1.27. The summed E-state index contributed by atoms with van der Waals surface area (Å²) in [6.45, 7) is 6.73. The highest BCUT2D eigenvalue weighted by Crippen LogP contribution is 2.18. The molecule has 2 atom stereocenters. The summed E-state index contributed by atoms with van der Waals surface area (Å²) in [4.78, 5) is 14.6. The number of nitrogens with zero attached hydrogens (tertiary/aromatic N) is 1. The van der Waals surface area contributed by atoms with Crippen molar-refractivity contribution in [1.82, 2.24) is 10.2 Å². The predicted molar refractivity (Wildman–Crippen MR) is 96.6 cm³/mol. The lowest BCUT2D eigenvalue weighted by Gasteiger charge is -2.17. The zero-order valence-electron chi connectivity index (χ0n) is 14.2. The molecule has 1 heterocycles. The van der Waals surface area contributed by atoms with Crippen LogP contribution in [0.2, 0.25) is 0 Å². The minimum atomic E-state index is -0.0128. The van der Waals surface area contributed by atoms with E-state index in [1.807, 2.05) is 25.1 Å². The number of likely N-dealkylation sites (tertiary alicyclic amines) is 1. The van der Waals surface area contributed by atoms with Crippen LogP contribution in [0.15, 0.2) is 30.3 Å². The molecule has 1 aromatic carbocycles. The standard InChI is InChI=1S/C18H28N2O2S/c1-15(23-14-16-6-4-3-5-7-16)18(21)19-12-17-8-9-20(13-17)10-11-22-2/h3-7,15,17H,8-14H2,1-2H3,(H,19,21)/t15-,17+/m0/s1. The summed E-state index contributed by atoms with van der Waals surface area (Å²) in [5.74, 6) is 1.60. The van der Waals surface area contributed by atoms with Gasteiger partial charge in [0.25, 0.3) is 0 Å². The van der Waals surface area contributed by atoms with Crippen molar-refractivity contribution < 1.29 is 9.53 Å². The number of amides is 1. The third kappa shape index (κ3) is 6.53. The van der Waals surface area contributed by atoms with Crippen LogP contribution < -0.4 is 5.32 Å². The summed E-state index contributed by atoms with van der Waals surface area (Å²) >= 11 is 1.69. The largest absolute Gasteiger partial charge is 0.383 e. The van der Waals surface area contributed by atoms with E-state index in [9.17, 15) is 4.79 Å². The van der Waals surface area contributed by atoms with Crippen LogP contribution in [-0.4, -0.2) is 56.0 Å². The number of benzene rings is 1. The molecule has 1 aliphatic rings. The molecule has 0 aliphatic carbocycles. The number of carbonyl (C=O) groups is 1. The fraction of sp³-hybridized carbons (Fsp3) is 0.611. The van der Waals surface area contributed by atoms with Gasteiger partial charge >= 0.3 is 0 Å². The Balaban J connectivity index is 1.62. The summed E-state index contributed by atoms with van der Waals surface area (Å²) < 4.78 is 5.12. The van der Waals surface area contributed by atoms with E-state index in [4.69, 9.17) is 4.74 Å². The van der Waals surface area contributed by atoms with Crippen LogP contribution >= 0.6 is 11.8 Å². The highest BCUT2D eigenvalue weighted by molar-refractivity contribution is 7.99. The van der Waals surface area contributed by atoms with Gasteiger partial charge in [0.15, 0.2) is 0 Å². The van der Waals surface area contributed by atoms with Crippen LogP contribution in [0.25, 0.3) is 0 Å². The number of thioether (sulfide) groups is 1. The first-order valence-electron chi connectivity index (χ1n) is 8.33. The number of nitrogens with one attached hydrogen (secondary N) is 1. The van der Waals surface area contributed by atoms with E-state index < -0.39 is 0 Å². The maximum Gasteiger partial charge on any atom is 0.232 e. The molecule has 5 heteroatoms. The second-order valence-corrected chi connectivity index (χ2v) is 7.46. The number of hydrogen-bond donors (Lipinski definition) is 1. The van der Waals surface area contributed by atoms with Crippen LogP contribution in [0.3, 0.4) is 0 Å². The molecular weight excluding hydrogens is 308 g/mol. The number of hydrogen-bond acceptors (Lipinski definition) is 4. The number of methoxy groups -OCH3 is 1. The Kier molecular flexibility index (Phi) is 7.92. The molecule has 1 aliphatic heterocycles. The first-order valence-corrected chi connectivity index (χ1v) is 9.38. The van der Waals surface area contributed by atoms with Gasteiger partial charge in [0, 0.05) is 32.5 Å². The molecule has 23 heavy (non-hydrogen) atoms. The number of carbonyl (C=O) groups excluding carboxylic acids is 1. The van der Waals surface area contributed by atoms with E-state index in [1.54, 1.807) is 18.9 Å². The van der Waals surface area contributed by atoms with Crippen molar-refractivity contribution in [2.45, 2.75) is 24.3 Å². The van der Waals surface area contributed by atoms with Gasteiger partial charge in [0.1, 0.15) is 0 Å². The van der Waals surface area contributed by atoms with Gasteiger partial charge in [-0.2, -0.15) is 0 Å². The lowest BCUT2D eigenvalue weighted by molar-refractivity contribution is -0.120. The SMILES string of the molecule is COCCN1CC[C@H](CNC(=O)[C@H](C)SCc2ccccc2)C1. The second-order valence-electron chi connectivity index (χ2n) is 6.13. The molecule has 2 rings (SSSR count). The fourth-order valence-corrected chi connectivity index (χ4v) is 3.63. The maximum absolute atomic E-state index is 12.2. The Labute approximate surface area is 144 Å². The summed E-state index contributed by atoms with van der Waals surface area (Å²) in [6.07, 6.45) is 1.16. The van der Waals surface area contributed by atoms with Gasteiger partial charge in [-0.05, 0) is 31.4 Å². The van der Waals surface area contributed by atoms with Crippen molar-refractivity contribution in [3.8, 4) is 0 Å². The summed E-state index contributed by atoms with van der Waals surface area (Å²) in [5, 5.41) is 3.11. The molecule has 1 fully saturated rings. The predicted octanol–water partition coefficient (Wildman–Crippen LogP) is 2.39. The van der Waals surface area contributed by atoms with Crippen molar-refractivity contribution in [2.75, 3.05) is 39.9 Å². The van der Waals surface area contributed by atoms with Gasteiger partial charge in [-0.25, -0.2) is 0 Å². The van der Waals surface area contributed by atoms with Crippen molar-refractivity contribution in [2.24, 2.45) is 5.92 Å². The molecule has 1 aromatic rings. The number of rotatable bonds is 9. The quantitative estimate of drug-likeness (QED) is 0.752. The first kappa shape index (κ1) is 18.3. The Hall–Kier alpha value is -1.04. The van der Waals surface area contributed by atoms with Crippen molar-refractivity contribution in [3.63, 3.8) is 0 Å². The minimum Gasteiger partial charge on any atom is -0.383 e. The fourth-order valence-electron chi connectivity index (χ4n) is 2.76. The highest BCUT2D eigenvalue weighted by atomic mass is 32.2. The summed E-state index contributed by atoms with van der Waals surface area (Å²) in [6, 6.07) is 10.3. The smallest absolute Gasteiger partial charge is 0.232 e. The molecule has 1 N–H and O–H groups in total. The van der Waals surface area contributed by atoms with Crippen LogP contribution in [-0.2, 0) is 15.3 Å². The Bertz CT molecular complexity index is 469. The number of ether oxygens (including phenoxy) is 1. The lowest BCUT2D eigenvalue weighted by atomic mass is 10.1. The third-order valence-corrected chi connectivity index (χ3v) is 5.47. The highest BCUT2D eigenvalue weighted by Gasteiger charge is 2.23. The molecule has 128 valence electrons. The molecule has 0 spiro atoms. The van der Waals surface area contributed by atoms with Crippen LogP contribution in [0, 0.1) is 5.92 Å². The van der Waals surface area contributed by atoms with Crippen molar-refractivity contribution in [3.05, 3.63) is 35.9 Å². The maximum atomic E-state index is 12.2. The summed E-state index contributed by atoms with van der Waals surface area (Å²) in [7, 11) is 1.74. The molecule has 0 radical (unpaired) electrons.